The van der Waals surface area contributed by atoms with Gasteiger partial charge in [-0.1, -0.05) is 15.9 Å². The molecule has 19 heavy (non-hydrogen) atoms. The van der Waals surface area contributed by atoms with Crippen molar-refractivity contribution in [2.45, 2.75) is 13.0 Å². The van der Waals surface area contributed by atoms with Gasteiger partial charge in [-0.15, -0.1) is 0 Å². The average Bonchev–Trinajstić information content (AvgIpc) is 2.36. The first kappa shape index (κ1) is 14.0. The quantitative estimate of drug-likeness (QED) is 0.884. The minimum absolute atomic E-state index is 0.161. The standard InChI is InChI=1S/C13H15BrN2O3/c1-8-4-9(6-10(14)5-8)13(18)16-2-3-19-7-11(16)12(15)17/h4-6,11H,2-3,7H2,1H3,(H2,15,17). The Kier molecular flexibility index (Phi) is 4.21. The van der Waals surface area contributed by atoms with Gasteiger partial charge in [0.2, 0.25) is 5.91 Å². The number of halogens is 1. The molecule has 102 valence electrons. The highest BCUT2D eigenvalue weighted by molar-refractivity contribution is 9.10. The van der Waals surface area contributed by atoms with E-state index in [1.54, 1.807) is 12.1 Å². The van der Waals surface area contributed by atoms with Crippen molar-refractivity contribution >= 4 is 27.7 Å². The summed E-state index contributed by atoms with van der Waals surface area (Å²) in [7, 11) is 0. The number of amides is 2. The molecule has 1 unspecified atom stereocenters. The molecule has 1 heterocycles. The van der Waals surface area contributed by atoms with Gasteiger partial charge in [-0.3, -0.25) is 9.59 Å². The minimum atomic E-state index is -0.694. The third kappa shape index (κ3) is 3.13. The molecule has 0 aliphatic carbocycles. The van der Waals surface area contributed by atoms with Crippen LogP contribution in [0.4, 0.5) is 0 Å². The lowest BCUT2D eigenvalue weighted by Crippen LogP contribution is -2.54. The van der Waals surface area contributed by atoms with Crippen molar-refractivity contribution in [3.8, 4) is 0 Å². The maximum Gasteiger partial charge on any atom is 0.254 e. The summed E-state index contributed by atoms with van der Waals surface area (Å²) in [6.45, 7) is 2.86. The number of hydrogen-bond donors (Lipinski definition) is 1. The van der Waals surface area contributed by atoms with Gasteiger partial charge in [-0.25, -0.2) is 0 Å². The lowest BCUT2D eigenvalue weighted by molar-refractivity contribution is -0.127. The second-order valence-corrected chi connectivity index (χ2v) is 5.42. The van der Waals surface area contributed by atoms with Gasteiger partial charge in [0.05, 0.1) is 13.2 Å². The summed E-state index contributed by atoms with van der Waals surface area (Å²) in [6, 6.07) is 4.76. The van der Waals surface area contributed by atoms with Gasteiger partial charge in [0.15, 0.2) is 0 Å². The van der Waals surface area contributed by atoms with Crippen LogP contribution in [0.25, 0.3) is 0 Å². The van der Waals surface area contributed by atoms with E-state index in [9.17, 15) is 9.59 Å². The Bertz CT molecular complexity index is 498. The van der Waals surface area contributed by atoms with Crippen LogP contribution in [-0.4, -0.2) is 42.5 Å². The van der Waals surface area contributed by atoms with E-state index in [4.69, 9.17) is 10.5 Å². The first-order chi connectivity index (χ1) is 8.99. The van der Waals surface area contributed by atoms with E-state index in [1.165, 1.54) is 4.90 Å². The van der Waals surface area contributed by atoms with E-state index in [2.05, 4.69) is 15.9 Å². The Morgan fingerprint density at radius 2 is 2.16 bits per heavy atom. The number of nitrogens with two attached hydrogens (primary N) is 1. The van der Waals surface area contributed by atoms with E-state index >= 15 is 0 Å². The zero-order valence-corrected chi connectivity index (χ0v) is 12.1. The molecule has 2 N–H and O–H groups in total. The molecule has 0 bridgehead atoms. The van der Waals surface area contributed by atoms with Gasteiger partial charge in [0.1, 0.15) is 6.04 Å². The molecule has 1 fully saturated rings. The highest BCUT2D eigenvalue weighted by Gasteiger charge is 2.32. The third-order valence-corrected chi connectivity index (χ3v) is 3.46. The van der Waals surface area contributed by atoms with Crippen molar-refractivity contribution in [3.05, 3.63) is 33.8 Å². The molecule has 0 saturated carbocycles. The fraction of sp³-hybridized carbons (Fsp3) is 0.385. The topological polar surface area (TPSA) is 72.6 Å². The Labute approximate surface area is 119 Å². The van der Waals surface area contributed by atoms with Crippen LogP contribution in [-0.2, 0) is 9.53 Å². The summed E-state index contributed by atoms with van der Waals surface area (Å²) in [6.07, 6.45) is 0. The van der Waals surface area contributed by atoms with Crippen LogP contribution in [0, 0.1) is 6.92 Å². The number of carbonyl (C=O) groups excluding carboxylic acids is 2. The van der Waals surface area contributed by atoms with Crippen LogP contribution >= 0.6 is 15.9 Å². The van der Waals surface area contributed by atoms with Gasteiger partial charge in [0, 0.05) is 16.6 Å². The zero-order valence-electron chi connectivity index (χ0n) is 10.6. The summed E-state index contributed by atoms with van der Waals surface area (Å²) in [5, 5.41) is 0. The molecule has 1 aromatic rings. The molecular weight excluding hydrogens is 312 g/mol. The maximum absolute atomic E-state index is 12.5. The molecule has 0 spiro atoms. The maximum atomic E-state index is 12.5. The van der Waals surface area contributed by atoms with Crippen molar-refractivity contribution in [2.75, 3.05) is 19.8 Å². The Morgan fingerprint density at radius 3 is 2.79 bits per heavy atom. The molecule has 6 heteroatoms. The third-order valence-electron chi connectivity index (χ3n) is 3.01. The number of benzene rings is 1. The van der Waals surface area contributed by atoms with Gasteiger partial charge >= 0.3 is 0 Å². The average molecular weight is 327 g/mol. The summed E-state index contributed by atoms with van der Waals surface area (Å²) < 4.78 is 6.04. The number of primary amides is 1. The number of nitrogens with zero attached hydrogens (tertiary/aromatic N) is 1. The number of rotatable bonds is 2. The lowest BCUT2D eigenvalue weighted by Gasteiger charge is -2.33. The highest BCUT2D eigenvalue weighted by atomic mass is 79.9. The zero-order chi connectivity index (χ0) is 14.0. The predicted molar refractivity (Wildman–Crippen MR) is 73.7 cm³/mol. The molecule has 1 aromatic carbocycles. The lowest BCUT2D eigenvalue weighted by atomic mass is 10.1. The molecule has 1 saturated heterocycles. The number of carbonyl (C=O) groups is 2. The van der Waals surface area contributed by atoms with E-state index in [0.717, 1.165) is 10.0 Å². The summed E-state index contributed by atoms with van der Waals surface area (Å²) in [5.41, 5.74) is 6.83. The summed E-state index contributed by atoms with van der Waals surface area (Å²) in [4.78, 5) is 25.3. The predicted octanol–water partition coefficient (Wildman–Crippen LogP) is 1.08. The van der Waals surface area contributed by atoms with Crippen molar-refractivity contribution in [1.82, 2.24) is 4.90 Å². The molecule has 2 amide bonds. The molecule has 2 rings (SSSR count). The first-order valence-corrected chi connectivity index (χ1v) is 6.73. The van der Waals surface area contributed by atoms with E-state index in [-0.39, 0.29) is 12.5 Å². The smallest absolute Gasteiger partial charge is 0.254 e. The molecule has 1 atom stereocenters. The molecule has 5 nitrogen and oxygen atoms in total. The normalized spacial score (nSPS) is 19.3. The van der Waals surface area contributed by atoms with Crippen LogP contribution in [0.3, 0.4) is 0 Å². The number of morpholine rings is 1. The van der Waals surface area contributed by atoms with Gasteiger partial charge in [-0.2, -0.15) is 0 Å². The molecule has 1 aliphatic rings. The van der Waals surface area contributed by atoms with E-state index < -0.39 is 11.9 Å². The van der Waals surface area contributed by atoms with E-state index in [1.807, 2.05) is 13.0 Å². The number of aryl methyl sites for hydroxylation is 1. The summed E-state index contributed by atoms with van der Waals surface area (Å²) in [5.74, 6) is -0.740. The second kappa shape index (κ2) is 5.71. The fourth-order valence-corrected chi connectivity index (χ4v) is 2.72. The van der Waals surface area contributed by atoms with Gasteiger partial charge in [-0.05, 0) is 30.7 Å². The van der Waals surface area contributed by atoms with E-state index in [0.29, 0.717) is 18.7 Å². The highest BCUT2D eigenvalue weighted by Crippen LogP contribution is 2.19. The fourth-order valence-electron chi connectivity index (χ4n) is 2.11. The van der Waals surface area contributed by atoms with Crippen molar-refractivity contribution in [1.29, 1.82) is 0 Å². The monoisotopic (exact) mass is 326 g/mol. The van der Waals surface area contributed by atoms with Gasteiger partial charge < -0.3 is 15.4 Å². The number of hydrogen-bond acceptors (Lipinski definition) is 3. The Balaban J connectivity index is 2.28. The SMILES string of the molecule is Cc1cc(Br)cc(C(=O)N2CCOCC2C(N)=O)c1. The van der Waals surface area contributed by atoms with Crippen molar-refractivity contribution < 1.29 is 14.3 Å². The van der Waals surface area contributed by atoms with Crippen molar-refractivity contribution in [3.63, 3.8) is 0 Å². The molecule has 1 aliphatic heterocycles. The van der Waals surface area contributed by atoms with Crippen LogP contribution in [0.2, 0.25) is 0 Å². The second-order valence-electron chi connectivity index (χ2n) is 4.51. The molecule has 0 radical (unpaired) electrons. The molecular formula is C13H15BrN2O3. The van der Waals surface area contributed by atoms with Gasteiger partial charge in [0.25, 0.3) is 5.91 Å². The molecule has 0 aromatic heterocycles. The first-order valence-electron chi connectivity index (χ1n) is 5.94. The van der Waals surface area contributed by atoms with Crippen LogP contribution in [0.15, 0.2) is 22.7 Å². The summed E-state index contributed by atoms with van der Waals surface area (Å²) >= 11 is 3.36. The van der Waals surface area contributed by atoms with Crippen LogP contribution < -0.4 is 5.73 Å². The number of ether oxygens (including phenoxy) is 1. The van der Waals surface area contributed by atoms with Crippen LogP contribution in [0.5, 0.6) is 0 Å². The minimum Gasteiger partial charge on any atom is -0.377 e. The van der Waals surface area contributed by atoms with Crippen LogP contribution in [0.1, 0.15) is 15.9 Å². The largest absolute Gasteiger partial charge is 0.377 e. The Hall–Kier alpha value is -1.40. The van der Waals surface area contributed by atoms with Crippen molar-refractivity contribution in [2.24, 2.45) is 5.73 Å². The Morgan fingerprint density at radius 1 is 1.42 bits per heavy atom.